The monoisotopic (exact) mass is 362 g/mol. The van der Waals surface area contributed by atoms with Gasteiger partial charge in [0.05, 0.1) is 19.3 Å². The van der Waals surface area contributed by atoms with E-state index in [2.05, 4.69) is 52.8 Å². The van der Waals surface area contributed by atoms with E-state index in [9.17, 15) is 0 Å². The Morgan fingerprint density at radius 1 is 1.32 bits per heavy atom. The molecule has 6 heteroatoms. The number of hydrogen-bond acceptors (Lipinski definition) is 4. The van der Waals surface area contributed by atoms with Crippen LogP contribution in [0.4, 0.5) is 0 Å². The number of benzene rings is 1. The molecule has 0 spiro atoms. The van der Waals surface area contributed by atoms with Gasteiger partial charge in [-0.05, 0) is 38.4 Å². The molecule has 0 bridgehead atoms. The Labute approximate surface area is 155 Å². The van der Waals surface area contributed by atoms with Crippen molar-refractivity contribution in [3.8, 4) is 0 Å². The number of morpholine rings is 1. The van der Waals surface area contributed by atoms with Crippen molar-refractivity contribution in [1.82, 2.24) is 15.5 Å². The highest BCUT2D eigenvalue weighted by molar-refractivity contribution is 7.99. The number of thioether (sulfide) groups is 1. The fraction of sp³-hybridized carbons (Fsp3) is 0.632. The quantitative estimate of drug-likeness (QED) is 0.337. The first-order valence-electron chi connectivity index (χ1n) is 9.41. The van der Waals surface area contributed by atoms with Gasteiger partial charge in [-0.1, -0.05) is 18.2 Å². The Balaban J connectivity index is 1.39. The third kappa shape index (κ3) is 5.90. The number of nitrogens with one attached hydrogen (secondary N) is 2. The molecule has 3 rings (SSSR count). The molecular formula is C19H30N4OS. The first-order chi connectivity index (χ1) is 12.3. The van der Waals surface area contributed by atoms with Crippen molar-refractivity contribution in [3.63, 3.8) is 0 Å². The number of guanidine groups is 1. The summed E-state index contributed by atoms with van der Waals surface area (Å²) in [6, 6.07) is 11.2. The van der Waals surface area contributed by atoms with Crippen molar-refractivity contribution in [3.05, 3.63) is 30.3 Å². The number of ether oxygens (including phenoxy) is 1. The molecule has 2 fully saturated rings. The smallest absolute Gasteiger partial charge is 0.191 e. The van der Waals surface area contributed by atoms with Gasteiger partial charge in [-0.2, -0.15) is 0 Å². The zero-order valence-electron chi connectivity index (χ0n) is 15.1. The molecule has 0 aliphatic carbocycles. The molecule has 2 saturated heterocycles. The molecule has 2 atom stereocenters. The standard InChI is InChI=1S/C19H30N4OS/c1-2-20-19(21-10-12-25-18-8-4-3-5-9-18)22-13-17-14-23-11-6-7-16(23)15-24-17/h3-5,8-9,16-17H,2,6-7,10-15H2,1H3,(H2,20,21,22). The normalized spacial score (nSPS) is 24.1. The lowest BCUT2D eigenvalue weighted by Crippen LogP contribution is -2.47. The molecule has 2 heterocycles. The Bertz CT molecular complexity index is 539. The highest BCUT2D eigenvalue weighted by Gasteiger charge is 2.31. The zero-order valence-corrected chi connectivity index (χ0v) is 15.9. The minimum Gasteiger partial charge on any atom is -0.373 e. The van der Waals surface area contributed by atoms with Crippen LogP contribution in [0.25, 0.3) is 0 Å². The summed E-state index contributed by atoms with van der Waals surface area (Å²) in [5.74, 6) is 1.91. The third-order valence-electron chi connectivity index (χ3n) is 4.67. The van der Waals surface area contributed by atoms with E-state index in [1.165, 1.54) is 24.3 Å². The molecule has 1 aromatic rings. The van der Waals surface area contributed by atoms with Gasteiger partial charge in [-0.15, -0.1) is 11.8 Å². The number of fused-ring (bicyclic) bond motifs is 1. The molecule has 2 unspecified atom stereocenters. The highest BCUT2D eigenvalue weighted by Crippen LogP contribution is 2.22. The zero-order chi connectivity index (χ0) is 17.3. The molecule has 0 aromatic heterocycles. The molecule has 2 N–H and O–H groups in total. The predicted octanol–water partition coefficient (Wildman–Crippen LogP) is 2.20. The summed E-state index contributed by atoms with van der Waals surface area (Å²) < 4.78 is 6.00. The third-order valence-corrected chi connectivity index (χ3v) is 5.68. The molecule has 2 aliphatic rings. The maximum absolute atomic E-state index is 6.00. The first kappa shape index (κ1) is 18.5. The van der Waals surface area contributed by atoms with Gasteiger partial charge in [0, 0.05) is 36.3 Å². The van der Waals surface area contributed by atoms with Crippen molar-refractivity contribution < 1.29 is 4.74 Å². The van der Waals surface area contributed by atoms with Crippen LogP contribution >= 0.6 is 11.8 Å². The summed E-state index contributed by atoms with van der Waals surface area (Å²) >= 11 is 1.86. The van der Waals surface area contributed by atoms with Gasteiger partial charge < -0.3 is 15.4 Å². The van der Waals surface area contributed by atoms with Crippen LogP contribution in [0.5, 0.6) is 0 Å². The van der Waals surface area contributed by atoms with Gasteiger partial charge in [-0.3, -0.25) is 9.89 Å². The molecule has 138 valence electrons. The minimum absolute atomic E-state index is 0.225. The van der Waals surface area contributed by atoms with Crippen molar-refractivity contribution in [2.24, 2.45) is 4.99 Å². The van der Waals surface area contributed by atoms with Crippen molar-refractivity contribution >= 4 is 17.7 Å². The van der Waals surface area contributed by atoms with E-state index in [1.807, 2.05) is 11.8 Å². The lowest BCUT2D eigenvalue weighted by molar-refractivity contribution is -0.0432. The topological polar surface area (TPSA) is 48.9 Å². The second-order valence-corrected chi connectivity index (χ2v) is 7.72. The maximum atomic E-state index is 6.00. The van der Waals surface area contributed by atoms with Crippen LogP contribution in [0.1, 0.15) is 19.8 Å². The van der Waals surface area contributed by atoms with E-state index < -0.39 is 0 Å². The van der Waals surface area contributed by atoms with Crippen LogP contribution in [-0.4, -0.2) is 68.1 Å². The molecule has 1 aromatic carbocycles. The SMILES string of the molecule is CCNC(=NCC1CN2CCCC2CO1)NCCSc1ccccc1. The van der Waals surface area contributed by atoms with Gasteiger partial charge in [0.15, 0.2) is 5.96 Å². The van der Waals surface area contributed by atoms with Gasteiger partial charge in [-0.25, -0.2) is 0 Å². The molecule has 2 aliphatic heterocycles. The van der Waals surface area contributed by atoms with Crippen LogP contribution < -0.4 is 10.6 Å². The average molecular weight is 363 g/mol. The van der Waals surface area contributed by atoms with E-state index in [1.54, 1.807) is 0 Å². The summed E-state index contributed by atoms with van der Waals surface area (Å²) in [7, 11) is 0. The fourth-order valence-corrected chi connectivity index (χ4v) is 4.18. The molecule has 0 amide bonds. The van der Waals surface area contributed by atoms with Gasteiger partial charge in [0.25, 0.3) is 0 Å². The Hall–Kier alpha value is -1.24. The van der Waals surface area contributed by atoms with Crippen LogP contribution in [0.2, 0.25) is 0 Å². The lowest BCUT2D eigenvalue weighted by Gasteiger charge is -2.34. The lowest BCUT2D eigenvalue weighted by atomic mass is 10.2. The summed E-state index contributed by atoms with van der Waals surface area (Å²) in [5, 5.41) is 6.75. The maximum Gasteiger partial charge on any atom is 0.191 e. The van der Waals surface area contributed by atoms with Crippen LogP contribution in [0, 0.1) is 0 Å². The Morgan fingerprint density at radius 3 is 3.04 bits per heavy atom. The summed E-state index contributed by atoms with van der Waals surface area (Å²) in [4.78, 5) is 8.61. The van der Waals surface area contributed by atoms with Crippen LogP contribution in [-0.2, 0) is 4.74 Å². The molecule has 5 nitrogen and oxygen atoms in total. The Morgan fingerprint density at radius 2 is 2.20 bits per heavy atom. The van der Waals surface area contributed by atoms with E-state index in [0.29, 0.717) is 6.04 Å². The average Bonchev–Trinajstić information content (AvgIpc) is 3.12. The van der Waals surface area contributed by atoms with Crippen LogP contribution in [0.15, 0.2) is 40.2 Å². The first-order valence-corrected chi connectivity index (χ1v) is 10.4. The van der Waals surface area contributed by atoms with Crippen molar-refractivity contribution in [2.75, 3.05) is 45.1 Å². The van der Waals surface area contributed by atoms with Gasteiger partial charge in [0.1, 0.15) is 0 Å². The molecule has 25 heavy (non-hydrogen) atoms. The predicted molar refractivity (Wildman–Crippen MR) is 105 cm³/mol. The van der Waals surface area contributed by atoms with Gasteiger partial charge >= 0.3 is 0 Å². The second-order valence-electron chi connectivity index (χ2n) is 6.55. The number of nitrogens with zero attached hydrogens (tertiary/aromatic N) is 2. The number of aliphatic imine (C=N–C) groups is 1. The number of rotatable bonds is 7. The Kier molecular flexibility index (Phi) is 7.45. The van der Waals surface area contributed by atoms with E-state index in [-0.39, 0.29) is 6.10 Å². The van der Waals surface area contributed by atoms with E-state index >= 15 is 0 Å². The van der Waals surface area contributed by atoms with Crippen molar-refractivity contribution in [2.45, 2.75) is 36.8 Å². The molecular weight excluding hydrogens is 332 g/mol. The van der Waals surface area contributed by atoms with Gasteiger partial charge in [0.2, 0.25) is 0 Å². The summed E-state index contributed by atoms with van der Waals surface area (Å²) in [5.41, 5.74) is 0. The van der Waals surface area contributed by atoms with E-state index in [4.69, 9.17) is 9.73 Å². The molecule has 0 radical (unpaired) electrons. The van der Waals surface area contributed by atoms with E-state index in [0.717, 1.165) is 44.5 Å². The number of hydrogen-bond donors (Lipinski definition) is 2. The largest absolute Gasteiger partial charge is 0.373 e. The summed E-state index contributed by atoms with van der Waals surface area (Å²) in [6.45, 7) is 7.72. The van der Waals surface area contributed by atoms with Crippen molar-refractivity contribution in [1.29, 1.82) is 0 Å². The second kappa shape index (κ2) is 10.0. The fourth-order valence-electron chi connectivity index (χ4n) is 3.39. The summed E-state index contributed by atoms with van der Waals surface area (Å²) in [6.07, 6.45) is 2.83. The van der Waals surface area contributed by atoms with Crippen LogP contribution in [0.3, 0.4) is 0 Å². The minimum atomic E-state index is 0.225. The highest BCUT2D eigenvalue weighted by atomic mass is 32.2. The molecule has 0 saturated carbocycles.